The summed E-state index contributed by atoms with van der Waals surface area (Å²) in [6.45, 7) is 1.15. The van der Waals surface area contributed by atoms with Crippen molar-refractivity contribution in [3.63, 3.8) is 0 Å². The molecule has 0 saturated carbocycles. The molecule has 0 saturated heterocycles. The maximum Gasteiger partial charge on any atom is 0.261 e. The third kappa shape index (κ3) is 3.90. The van der Waals surface area contributed by atoms with Gasteiger partial charge >= 0.3 is 0 Å². The van der Waals surface area contributed by atoms with Gasteiger partial charge < -0.3 is 11.1 Å². The summed E-state index contributed by atoms with van der Waals surface area (Å²) in [5, 5.41) is 7.41. The van der Waals surface area contributed by atoms with Crippen molar-refractivity contribution in [2.45, 2.75) is 31.8 Å². The van der Waals surface area contributed by atoms with E-state index in [0.717, 1.165) is 40.7 Å². The molecule has 3 aromatic rings. The van der Waals surface area contributed by atoms with E-state index in [1.807, 2.05) is 16.8 Å². The van der Waals surface area contributed by atoms with Gasteiger partial charge in [-0.25, -0.2) is 4.39 Å². The van der Waals surface area contributed by atoms with Crippen LogP contribution in [-0.4, -0.2) is 28.3 Å². The van der Waals surface area contributed by atoms with E-state index in [0.29, 0.717) is 11.3 Å². The minimum absolute atomic E-state index is 0.146. The smallest absolute Gasteiger partial charge is 0.261 e. The minimum Gasteiger partial charge on any atom is -0.347 e. The van der Waals surface area contributed by atoms with E-state index in [2.05, 4.69) is 26.3 Å². The molecule has 0 radical (unpaired) electrons. The fraction of sp³-hybridized carbons (Fsp3) is 0.300. The first-order valence-corrected chi connectivity index (χ1v) is 10.8. The number of fused-ring (bicyclic) bond motifs is 3. The van der Waals surface area contributed by atoms with Crippen molar-refractivity contribution >= 4 is 33.2 Å². The minimum atomic E-state index is -0.288. The quantitative estimate of drug-likeness (QED) is 0.606. The van der Waals surface area contributed by atoms with E-state index >= 15 is 0 Å². The molecule has 3 N–H and O–H groups in total. The van der Waals surface area contributed by atoms with Gasteiger partial charge in [-0.1, -0.05) is 12.1 Å². The predicted molar refractivity (Wildman–Crippen MR) is 112 cm³/mol. The average Bonchev–Trinajstić information content (AvgIpc) is 3.20. The monoisotopic (exact) mass is 462 g/mol. The fourth-order valence-electron chi connectivity index (χ4n) is 3.51. The number of nitrogens with one attached hydrogen (secondary N) is 1. The van der Waals surface area contributed by atoms with E-state index in [4.69, 9.17) is 5.73 Å². The number of aromatic nitrogens is 2. The molecule has 2 aromatic heterocycles. The number of benzene rings is 1. The van der Waals surface area contributed by atoms with Crippen LogP contribution in [0.2, 0.25) is 0 Å². The van der Waals surface area contributed by atoms with Crippen LogP contribution in [0.3, 0.4) is 0 Å². The van der Waals surface area contributed by atoms with E-state index in [1.165, 1.54) is 28.3 Å². The standard InChI is InChI=1S/C20H20BrFN4OS/c21-16-11-24-26-6-2-5-17-15(19(16)26)9-18(28-17)20(27)25-14(10-23)8-12-3-1-4-13(22)7-12/h1,3-4,7,9,11,14H,2,5-6,8,10,23H2,(H,25,27). The summed E-state index contributed by atoms with van der Waals surface area (Å²) in [5.74, 6) is -0.434. The molecule has 0 spiro atoms. The number of carbonyl (C=O) groups is 1. The van der Waals surface area contributed by atoms with E-state index in [1.54, 1.807) is 12.3 Å². The number of hydrogen-bond acceptors (Lipinski definition) is 4. The average molecular weight is 463 g/mol. The fourth-order valence-corrected chi connectivity index (χ4v) is 5.13. The zero-order chi connectivity index (χ0) is 19.7. The lowest BCUT2D eigenvalue weighted by molar-refractivity contribution is 0.0942. The molecule has 28 heavy (non-hydrogen) atoms. The maximum atomic E-state index is 13.4. The Bertz CT molecular complexity index is 1020. The van der Waals surface area contributed by atoms with Crippen LogP contribution < -0.4 is 11.1 Å². The van der Waals surface area contributed by atoms with Gasteiger partial charge in [0.1, 0.15) is 5.82 Å². The molecule has 4 rings (SSSR count). The van der Waals surface area contributed by atoms with Crippen LogP contribution in [0.1, 0.15) is 26.5 Å². The Balaban J connectivity index is 1.54. The summed E-state index contributed by atoms with van der Waals surface area (Å²) in [7, 11) is 0. The van der Waals surface area contributed by atoms with Crippen molar-refractivity contribution in [1.29, 1.82) is 0 Å². The Morgan fingerprint density at radius 2 is 2.29 bits per heavy atom. The second kappa shape index (κ2) is 8.14. The van der Waals surface area contributed by atoms with Gasteiger partial charge in [-0.3, -0.25) is 9.48 Å². The second-order valence-electron chi connectivity index (χ2n) is 6.86. The normalized spacial score (nSPS) is 14.1. The van der Waals surface area contributed by atoms with E-state index in [9.17, 15) is 9.18 Å². The Labute approximate surface area is 174 Å². The molecule has 1 aliphatic rings. The zero-order valence-electron chi connectivity index (χ0n) is 15.1. The number of carbonyl (C=O) groups excluding carboxylic acids is 1. The maximum absolute atomic E-state index is 13.4. The Morgan fingerprint density at radius 1 is 1.43 bits per heavy atom. The molecule has 1 atom stereocenters. The molecule has 0 fully saturated rings. The summed E-state index contributed by atoms with van der Waals surface area (Å²) in [6, 6.07) is 8.06. The lowest BCUT2D eigenvalue weighted by atomic mass is 10.1. The number of hydrogen-bond donors (Lipinski definition) is 2. The first kappa shape index (κ1) is 19.3. The van der Waals surface area contributed by atoms with Crippen LogP contribution in [0.25, 0.3) is 11.3 Å². The second-order valence-corrected chi connectivity index (χ2v) is 8.85. The van der Waals surface area contributed by atoms with E-state index < -0.39 is 0 Å². The van der Waals surface area contributed by atoms with Crippen LogP contribution >= 0.6 is 27.3 Å². The van der Waals surface area contributed by atoms with Crippen molar-refractivity contribution in [2.24, 2.45) is 5.73 Å². The van der Waals surface area contributed by atoms with Gasteiger partial charge in [0.05, 0.1) is 21.2 Å². The number of rotatable bonds is 5. The number of nitrogens with two attached hydrogens (primary N) is 1. The van der Waals surface area contributed by atoms with Gasteiger partial charge in [-0.2, -0.15) is 5.10 Å². The molecule has 3 heterocycles. The predicted octanol–water partition coefficient (Wildman–Crippen LogP) is 3.76. The molecule has 0 aliphatic carbocycles. The molecular weight excluding hydrogens is 443 g/mol. The van der Waals surface area contributed by atoms with Crippen molar-refractivity contribution in [3.8, 4) is 11.3 Å². The SMILES string of the molecule is NCC(Cc1cccc(F)c1)NC(=O)c1cc2c(s1)CCCn1ncc(Br)c1-2. The van der Waals surface area contributed by atoms with Gasteiger partial charge in [0, 0.05) is 29.6 Å². The molecule has 1 amide bonds. The highest BCUT2D eigenvalue weighted by Gasteiger charge is 2.24. The van der Waals surface area contributed by atoms with Gasteiger partial charge in [0.25, 0.3) is 5.91 Å². The van der Waals surface area contributed by atoms with Crippen LogP contribution in [0, 0.1) is 5.82 Å². The van der Waals surface area contributed by atoms with Crippen LogP contribution in [0.4, 0.5) is 4.39 Å². The Kier molecular flexibility index (Phi) is 5.61. The highest BCUT2D eigenvalue weighted by atomic mass is 79.9. The van der Waals surface area contributed by atoms with Crippen LogP contribution in [0.5, 0.6) is 0 Å². The highest BCUT2D eigenvalue weighted by molar-refractivity contribution is 9.10. The van der Waals surface area contributed by atoms with Gasteiger partial charge in [-0.05, 0) is 59.0 Å². The first-order valence-electron chi connectivity index (χ1n) is 9.15. The van der Waals surface area contributed by atoms with Crippen molar-refractivity contribution in [1.82, 2.24) is 15.1 Å². The van der Waals surface area contributed by atoms with Crippen molar-refractivity contribution < 1.29 is 9.18 Å². The summed E-state index contributed by atoms with van der Waals surface area (Å²) in [5.41, 5.74) is 8.75. The van der Waals surface area contributed by atoms with Gasteiger partial charge in [0.2, 0.25) is 0 Å². The summed E-state index contributed by atoms with van der Waals surface area (Å²) in [6.07, 6.45) is 4.20. The highest BCUT2D eigenvalue weighted by Crippen LogP contribution is 2.38. The molecule has 0 bridgehead atoms. The topological polar surface area (TPSA) is 72.9 Å². The third-order valence-corrected chi connectivity index (χ3v) is 6.62. The molecule has 5 nitrogen and oxygen atoms in total. The van der Waals surface area contributed by atoms with E-state index in [-0.39, 0.29) is 24.3 Å². The lowest BCUT2D eigenvalue weighted by Gasteiger charge is -2.16. The number of nitrogens with zero attached hydrogens (tertiary/aromatic N) is 2. The molecule has 1 unspecified atom stereocenters. The zero-order valence-corrected chi connectivity index (χ0v) is 17.5. The lowest BCUT2D eigenvalue weighted by Crippen LogP contribution is -2.41. The largest absolute Gasteiger partial charge is 0.347 e. The summed E-state index contributed by atoms with van der Waals surface area (Å²) < 4.78 is 16.3. The molecule has 146 valence electrons. The van der Waals surface area contributed by atoms with Gasteiger partial charge in [0.15, 0.2) is 0 Å². The van der Waals surface area contributed by atoms with Crippen molar-refractivity contribution in [3.05, 3.63) is 62.1 Å². The third-order valence-electron chi connectivity index (χ3n) is 4.85. The number of aryl methyl sites for hydroxylation is 2. The number of thiophene rings is 1. The van der Waals surface area contributed by atoms with Gasteiger partial charge in [-0.15, -0.1) is 11.3 Å². The molecule has 1 aliphatic heterocycles. The van der Waals surface area contributed by atoms with Crippen LogP contribution in [0.15, 0.2) is 41.0 Å². The Morgan fingerprint density at radius 3 is 3.07 bits per heavy atom. The number of amides is 1. The Hall–Kier alpha value is -2.03. The molecule has 8 heteroatoms. The molecular formula is C20H20BrFN4OS. The summed E-state index contributed by atoms with van der Waals surface area (Å²) in [4.78, 5) is 14.7. The first-order chi connectivity index (χ1) is 13.5. The van der Waals surface area contributed by atoms with Crippen molar-refractivity contribution in [2.75, 3.05) is 6.54 Å². The molecule has 1 aromatic carbocycles. The summed E-state index contributed by atoms with van der Waals surface area (Å²) >= 11 is 5.09. The van der Waals surface area contributed by atoms with Crippen LogP contribution in [-0.2, 0) is 19.4 Å². The number of halogens is 2.